The summed E-state index contributed by atoms with van der Waals surface area (Å²) in [5.74, 6) is -3.58. The van der Waals surface area contributed by atoms with Gasteiger partial charge in [0.15, 0.2) is 11.6 Å². The average molecular weight is 329 g/mol. The summed E-state index contributed by atoms with van der Waals surface area (Å²) in [5.41, 5.74) is 0.0281. The number of benzene rings is 2. The largest absolute Gasteiger partial charge is 0.326 e. The third kappa shape index (κ3) is 4.77. The van der Waals surface area contributed by atoms with Crippen LogP contribution < -0.4 is 5.32 Å². The molecule has 0 aliphatic heterocycles. The molecule has 0 aliphatic carbocycles. The number of carbonyl (C=O) groups excluding carboxylic acids is 1. The second-order valence-electron chi connectivity index (χ2n) is 4.38. The van der Waals surface area contributed by atoms with Crippen molar-refractivity contribution >= 4 is 23.4 Å². The SMILES string of the molecule is O=C(CCSc1ccc(F)c(F)c1)Nc1cc(F)cc(F)c1. The monoisotopic (exact) mass is 329 g/mol. The van der Waals surface area contributed by atoms with Crippen LogP contribution in [0.4, 0.5) is 23.2 Å². The van der Waals surface area contributed by atoms with Gasteiger partial charge in [-0.05, 0) is 30.3 Å². The number of amides is 1. The van der Waals surface area contributed by atoms with E-state index in [4.69, 9.17) is 0 Å². The molecule has 0 saturated carbocycles. The molecule has 0 unspecified atom stereocenters. The third-order valence-corrected chi connectivity index (χ3v) is 3.63. The molecule has 116 valence electrons. The van der Waals surface area contributed by atoms with E-state index in [1.54, 1.807) is 0 Å². The van der Waals surface area contributed by atoms with Crippen LogP contribution in [-0.2, 0) is 4.79 Å². The van der Waals surface area contributed by atoms with Crippen LogP contribution in [0.2, 0.25) is 0 Å². The Hall–Kier alpha value is -2.02. The maximum atomic E-state index is 13.0. The Bertz CT molecular complexity index is 673. The number of thioether (sulfide) groups is 1. The minimum absolute atomic E-state index is 0.0281. The molecule has 1 amide bonds. The molecule has 0 aliphatic rings. The van der Waals surface area contributed by atoms with Crippen molar-refractivity contribution in [1.82, 2.24) is 0 Å². The van der Waals surface area contributed by atoms with E-state index in [-0.39, 0.29) is 12.1 Å². The number of hydrogen-bond donors (Lipinski definition) is 1. The van der Waals surface area contributed by atoms with Gasteiger partial charge in [0.2, 0.25) is 5.91 Å². The van der Waals surface area contributed by atoms with Crippen LogP contribution in [0.5, 0.6) is 0 Å². The highest BCUT2D eigenvalue weighted by molar-refractivity contribution is 7.99. The molecule has 2 aromatic carbocycles. The number of hydrogen-bond acceptors (Lipinski definition) is 2. The lowest BCUT2D eigenvalue weighted by Gasteiger charge is -2.06. The lowest BCUT2D eigenvalue weighted by atomic mass is 10.3. The molecule has 2 rings (SSSR count). The third-order valence-electron chi connectivity index (χ3n) is 2.64. The van der Waals surface area contributed by atoms with Gasteiger partial charge in [0.05, 0.1) is 0 Å². The van der Waals surface area contributed by atoms with Crippen LogP contribution in [0.1, 0.15) is 6.42 Å². The first kappa shape index (κ1) is 16.4. The number of halogens is 4. The van der Waals surface area contributed by atoms with Gasteiger partial charge in [0.25, 0.3) is 0 Å². The number of anilines is 1. The van der Waals surface area contributed by atoms with Crippen molar-refractivity contribution in [3.8, 4) is 0 Å². The van der Waals surface area contributed by atoms with Gasteiger partial charge in [-0.25, -0.2) is 17.6 Å². The van der Waals surface area contributed by atoms with Crippen LogP contribution in [-0.4, -0.2) is 11.7 Å². The van der Waals surface area contributed by atoms with Gasteiger partial charge in [-0.3, -0.25) is 4.79 Å². The number of nitrogens with one attached hydrogen (secondary N) is 1. The van der Waals surface area contributed by atoms with Gasteiger partial charge in [0, 0.05) is 28.8 Å². The minimum atomic E-state index is -0.954. The van der Waals surface area contributed by atoms with E-state index in [1.807, 2.05) is 0 Å². The van der Waals surface area contributed by atoms with Gasteiger partial charge < -0.3 is 5.32 Å². The van der Waals surface area contributed by atoms with Crippen molar-refractivity contribution in [1.29, 1.82) is 0 Å². The highest BCUT2D eigenvalue weighted by Crippen LogP contribution is 2.21. The molecule has 0 radical (unpaired) electrons. The summed E-state index contributed by atoms with van der Waals surface area (Å²) < 4.78 is 51.7. The van der Waals surface area contributed by atoms with Crippen molar-refractivity contribution in [2.75, 3.05) is 11.1 Å². The topological polar surface area (TPSA) is 29.1 Å². The van der Waals surface area contributed by atoms with Gasteiger partial charge in [-0.15, -0.1) is 11.8 Å². The van der Waals surface area contributed by atoms with Crippen molar-refractivity contribution in [2.24, 2.45) is 0 Å². The zero-order valence-electron chi connectivity index (χ0n) is 11.2. The summed E-state index contributed by atoms with van der Waals surface area (Å²) >= 11 is 1.17. The summed E-state index contributed by atoms with van der Waals surface area (Å²) in [7, 11) is 0. The van der Waals surface area contributed by atoms with Crippen LogP contribution in [0.15, 0.2) is 41.3 Å². The summed E-state index contributed by atoms with van der Waals surface area (Å²) in [6.45, 7) is 0. The summed E-state index contributed by atoms with van der Waals surface area (Å²) in [6.07, 6.45) is 0.0573. The maximum absolute atomic E-state index is 13.0. The molecule has 2 aromatic rings. The standard InChI is InChI=1S/C15H11F4NOS/c16-9-5-10(17)7-11(6-9)20-15(21)3-4-22-12-1-2-13(18)14(19)8-12/h1-2,5-8H,3-4H2,(H,20,21). The molecule has 1 N–H and O–H groups in total. The second-order valence-corrected chi connectivity index (χ2v) is 5.55. The van der Waals surface area contributed by atoms with Gasteiger partial charge >= 0.3 is 0 Å². The van der Waals surface area contributed by atoms with E-state index in [9.17, 15) is 22.4 Å². The molecule has 0 aromatic heterocycles. The Morgan fingerprint density at radius 1 is 0.955 bits per heavy atom. The van der Waals surface area contributed by atoms with Crippen LogP contribution >= 0.6 is 11.8 Å². The molecule has 22 heavy (non-hydrogen) atoms. The number of rotatable bonds is 5. The molecule has 0 heterocycles. The fourth-order valence-corrected chi connectivity index (χ4v) is 2.55. The van der Waals surface area contributed by atoms with Crippen molar-refractivity contribution in [3.05, 3.63) is 59.7 Å². The minimum Gasteiger partial charge on any atom is -0.326 e. The van der Waals surface area contributed by atoms with E-state index >= 15 is 0 Å². The zero-order valence-corrected chi connectivity index (χ0v) is 12.0. The normalized spacial score (nSPS) is 10.5. The van der Waals surface area contributed by atoms with Gasteiger partial charge in [-0.2, -0.15) is 0 Å². The van der Waals surface area contributed by atoms with Gasteiger partial charge in [0.1, 0.15) is 11.6 Å². The van der Waals surface area contributed by atoms with E-state index in [0.29, 0.717) is 16.7 Å². The summed E-state index contributed by atoms with van der Waals surface area (Å²) in [5, 5.41) is 2.36. The maximum Gasteiger partial charge on any atom is 0.225 e. The van der Waals surface area contributed by atoms with E-state index in [0.717, 1.165) is 24.3 Å². The Morgan fingerprint density at radius 2 is 1.64 bits per heavy atom. The summed E-state index contributed by atoms with van der Waals surface area (Å²) in [4.78, 5) is 12.1. The quantitative estimate of drug-likeness (QED) is 0.652. The Balaban J connectivity index is 1.83. The fourth-order valence-electron chi connectivity index (χ4n) is 1.68. The lowest BCUT2D eigenvalue weighted by molar-refractivity contribution is -0.115. The molecular formula is C15H11F4NOS. The van der Waals surface area contributed by atoms with Crippen molar-refractivity contribution in [2.45, 2.75) is 11.3 Å². The molecule has 0 fully saturated rings. The van der Waals surface area contributed by atoms with E-state index in [2.05, 4.69) is 5.32 Å². The molecular weight excluding hydrogens is 318 g/mol. The van der Waals surface area contributed by atoms with Gasteiger partial charge in [-0.1, -0.05) is 0 Å². The average Bonchev–Trinajstić information content (AvgIpc) is 2.41. The Morgan fingerprint density at radius 3 is 2.27 bits per heavy atom. The Kier molecular flexibility index (Phi) is 5.43. The smallest absolute Gasteiger partial charge is 0.225 e. The molecule has 7 heteroatoms. The molecule has 0 saturated heterocycles. The molecule has 0 atom stereocenters. The summed E-state index contributed by atoms with van der Waals surface area (Å²) in [6, 6.07) is 6.16. The first-order chi connectivity index (χ1) is 10.4. The second kappa shape index (κ2) is 7.31. The van der Waals surface area contributed by atoms with Crippen molar-refractivity contribution < 1.29 is 22.4 Å². The fraction of sp³-hybridized carbons (Fsp3) is 0.133. The molecule has 0 bridgehead atoms. The lowest BCUT2D eigenvalue weighted by Crippen LogP contribution is -2.12. The highest BCUT2D eigenvalue weighted by Gasteiger charge is 2.07. The zero-order chi connectivity index (χ0) is 16.1. The van der Waals surface area contributed by atoms with Crippen LogP contribution in [0.3, 0.4) is 0 Å². The van der Waals surface area contributed by atoms with Crippen LogP contribution in [0, 0.1) is 23.3 Å². The van der Waals surface area contributed by atoms with E-state index in [1.165, 1.54) is 17.8 Å². The molecule has 0 spiro atoms. The predicted molar refractivity (Wildman–Crippen MR) is 76.7 cm³/mol. The van der Waals surface area contributed by atoms with Crippen molar-refractivity contribution in [3.63, 3.8) is 0 Å². The van der Waals surface area contributed by atoms with Crippen LogP contribution in [0.25, 0.3) is 0 Å². The molecule has 2 nitrogen and oxygen atoms in total. The first-order valence-electron chi connectivity index (χ1n) is 6.28. The predicted octanol–water partition coefficient (Wildman–Crippen LogP) is 4.36. The first-order valence-corrected chi connectivity index (χ1v) is 7.26. The highest BCUT2D eigenvalue weighted by atomic mass is 32.2. The van der Waals surface area contributed by atoms with E-state index < -0.39 is 29.2 Å². The number of carbonyl (C=O) groups is 1. The Labute approximate surface area is 128 Å².